The second kappa shape index (κ2) is 9.02. The van der Waals surface area contributed by atoms with Crippen LogP contribution in [0, 0.1) is 5.21 Å². The highest BCUT2D eigenvalue weighted by Crippen LogP contribution is 2.35. The number of carbonyl (C=O) groups excluding carboxylic acids is 2. The summed E-state index contributed by atoms with van der Waals surface area (Å²) in [6, 6.07) is 12.6. The fraction of sp³-hybridized carbons (Fsp3) is 0.407. The minimum Gasteiger partial charge on any atom is -0.599 e. The van der Waals surface area contributed by atoms with Crippen molar-refractivity contribution in [1.82, 2.24) is 9.80 Å². The highest BCUT2D eigenvalue weighted by atomic mass is 16.5. The fourth-order valence-corrected chi connectivity index (χ4v) is 5.60. The molecule has 1 saturated heterocycles. The molecular weight excluding hydrogens is 444 g/mol. The van der Waals surface area contributed by atoms with Crippen molar-refractivity contribution in [3.05, 3.63) is 81.2 Å². The third-order valence-corrected chi connectivity index (χ3v) is 7.51. The molecule has 0 radical (unpaired) electrons. The van der Waals surface area contributed by atoms with E-state index in [0.717, 1.165) is 64.5 Å². The zero-order valence-corrected chi connectivity index (χ0v) is 19.6. The molecule has 0 spiro atoms. The first-order valence-electron chi connectivity index (χ1n) is 12.4. The molecule has 4 aliphatic rings. The molecule has 8 heteroatoms. The standard InChI is InChI=1S/C27H28N4O4/c32-26-20-4-1-2-5-21(20)27(33)25-24(26)22(31(34)28-25)6-3-10-29-11-13-30(14-12-29)17-18-7-8-23-19(16-18)9-15-35-23/h1-2,4-5,7-8,16,22H,3,6,9-15,17H2. The van der Waals surface area contributed by atoms with E-state index in [9.17, 15) is 14.8 Å². The van der Waals surface area contributed by atoms with E-state index in [4.69, 9.17) is 4.74 Å². The monoisotopic (exact) mass is 472 g/mol. The summed E-state index contributed by atoms with van der Waals surface area (Å²) in [5, 5.41) is 16.4. The maximum atomic E-state index is 13.1. The Bertz CT molecular complexity index is 1260. The van der Waals surface area contributed by atoms with Crippen LogP contribution in [0.3, 0.4) is 0 Å². The summed E-state index contributed by atoms with van der Waals surface area (Å²) >= 11 is 0. The predicted molar refractivity (Wildman–Crippen MR) is 129 cm³/mol. The van der Waals surface area contributed by atoms with Gasteiger partial charge in [0.15, 0.2) is 11.5 Å². The van der Waals surface area contributed by atoms with Crippen LogP contribution in [-0.2, 0) is 13.0 Å². The number of hydrogen-bond donors (Lipinski definition) is 0. The van der Waals surface area contributed by atoms with Crippen molar-refractivity contribution in [1.29, 1.82) is 0 Å². The van der Waals surface area contributed by atoms with Gasteiger partial charge >= 0.3 is 0 Å². The molecule has 180 valence electrons. The van der Waals surface area contributed by atoms with Gasteiger partial charge in [0.2, 0.25) is 11.8 Å². The highest BCUT2D eigenvalue weighted by molar-refractivity contribution is 6.27. The average Bonchev–Trinajstić information content (AvgIpc) is 3.48. The van der Waals surface area contributed by atoms with E-state index in [2.05, 4.69) is 33.1 Å². The van der Waals surface area contributed by atoms with Crippen molar-refractivity contribution in [2.45, 2.75) is 31.8 Å². The molecular formula is C27H28N4O4. The lowest BCUT2D eigenvalue weighted by Crippen LogP contribution is -2.46. The number of piperazine rings is 1. The Balaban J connectivity index is 1.02. The summed E-state index contributed by atoms with van der Waals surface area (Å²) in [4.78, 5) is 31.3. The Hall–Kier alpha value is -3.36. The molecule has 0 N–H and O–H groups in total. The van der Waals surface area contributed by atoms with Crippen LogP contribution in [0.15, 0.2) is 58.8 Å². The number of allylic oxidation sites excluding steroid dienone is 1. The van der Waals surface area contributed by atoms with Crippen molar-refractivity contribution in [2.24, 2.45) is 5.11 Å². The van der Waals surface area contributed by atoms with E-state index < -0.39 is 6.04 Å². The molecule has 0 aromatic heterocycles. The summed E-state index contributed by atoms with van der Waals surface area (Å²) in [6.07, 6.45) is 2.27. The van der Waals surface area contributed by atoms with Crippen LogP contribution in [0.4, 0.5) is 0 Å². The summed E-state index contributed by atoms with van der Waals surface area (Å²) in [5.41, 5.74) is 3.65. The van der Waals surface area contributed by atoms with Gasteiger partial charge in [-0.25, -0.2) is 0 Å². The number of rotatable bonds is 6. The first-order valence-corrected chi connectivity index (χ1v) is 12.4. The third kappa shape index (κ3) is 4.06. The van der Waals surface area contributed by atoms with Gasteiger partial charge in [-0.2, -0.15) is 0 Å². The summed E-state index contributed by atoms with van der Waals surface area (Å²) in [5.74, 6) is 0.455. The Morgan fingerprint density at radius 3 is 2.54 bits per heavy atom. The van der Waals surface area contributed by atoms with Crippen LogP contribution in [0.5, 0.6) is 5.75 Å². The van der Waals surface area contributed by atoms with Gasteiger partial charge in [0.05, 0.1) is 6.61 Å². The number of Topliss-reactive ketones (excluding diaryl/α,β-unsaturated/α-hetero) is 2. The van der Waals surface area contributed by atoms with Crippen LogP contribution in [0.25, 0.3) is 0 Å². The van der Waals surface area contributed by atoms with Gasteiger partial charge < -0.3 is 14.8 Å². The molecule has 1 atom stereocenters. The van der Waals surface area contributed by atoms with Crippen molar-refractivity contribution < 1.29 is 19.2 Å². The van der Waals surface area contributed by atoms with Crippen molar-refractivity contribution in [2.75, 3.05) is 39.3 Å². The molecule has 2 aromatic rings. The number of hydroxylamine groups is 1. The number of nitrogens with zero attached hydrogens (tertiary/aromatic N) is 4. The van der Waals surface area contributed by atoms with Crippen LogP contribution in [-0.4, -0.2) is 71.6 Å². The van der Waals surface area contributed by atoms with Crippen molar-refractivity contribution in [3.63, 3.8) is 0 Å². The number of hydrogen-bond acceptors (Lipinski definition) is 7. The summed E-state index contributed by atoms with van der Waals surface area (Å²) < 4.78 is 5.61. The minimum atomic E-state index is -0.681. The molecule has 8 nitrogen and oxygen atoms in total. The van der Waals surface area contributed by atoms with Gasteiger partial charge in [-0.1, -0.05) is 41.3 Å². The second-order valence-electron chi connectivity index (χ2n) is 9.68. The molecule has 0 bridgehead atoms. The first-order chi connectivity index (χ1) is 17.1. The third-order valence-electron chi connectivity index (χ3n) is 7.51. The maximum Gasteiger partial charge on any atom is 0.221 e. The van der Waals surface area contributed by atoms with Gasteiger partial charge in [-0.3, -0.25) is 14.5 Å². The van der Waals surface area contributed by atoms with Crippen LogP contribution >= 0.6 is 0 Å². The van der Waals surface area contributed by atoms with Crippen molar-refractivity contribution in [3.8, 4) is 5.75 Å². The molecule has 1 aliphatic carbocycles. The largest absolute Gasteiger partial charge is 0.599 e. The second-order valence-corrected chi connectivity index (χ2v) is 9.68. The molecule has 0 saturated carbocycles. The average molecular weight is 473 g/mol. The Labute approximate surface area is 204 Å². The molecule has 1 unspecified atom stereocenters. The normalized spacial score (nSPS) is 22.1. The molecule has 0 amide bonds. The fourth-order valence-electron chi connectivity index (χ4n) is 5.60. The summed E-state index contributed by atoms with van der Waals surface area (Å²) in [6.45, 7) is 6.54. The lowest BCUT2D eigenvalue weighted by Gasteiger charge is -2.34. The number of benzene rings is 2. The summed E-state index contributed by atoms with van der Waals surface area (Å²) in [7, 11) is 0. The molecule has 3 aliphatic heterocycles. The van der Waals surface area contributed by atoms with E-state index in [1.165, 1.54) is 11.1 Å². The smallest absolute Gasteiger partial charge is 0.221 e. The van der Waals surface area contributed by atoms with E-state index in [1.54, 1.807) is 24.3 Å². The molecule has 3 heterocycles. The lowest BCUT2D eigenvalue weighted by atomic mass is 9.84. The van der Waals surface area contributed by atoms with E-state index >= 15 is 0 Å². The van der Waals surface area contributed by atoms with Gasteiger partial charge in [-0.15, -0.1) is 0 Å². The minimum absolute atomic E-state index is 0.0282. The maximum absolute atomic E-state index is 13.1. The first kappa shape index (κ1) is 22.1. The Kier molecular flexibility index (Phi) is 5.70. The molecule has 6 rings (SSSR count). The van der Waals surface area contributed by atoms with Crippen molar-refractivity contribution >= 4 is 11.6 Å². The van der Waals surface area contributed by atoms with Gasteiger partial charge in [0.25, 0.3) is 0 Å². The number of azo groups is 1. The van der Waals surface area contributed by atoms with Crippen LogP contribution < -0.4 is 4.74 Å². The van der Waals surface area contributed by atoms with E-state index in [1.807, 2.05) is 0 Å². The van der Waals surface area contributed by atoms with E-state index in [-0.39, 0.29) is 22.8 Å². The number of ketones is 2. The lowest BCUT2D eigenvalue weighted by molar-refractivity contribution is -0.548. The van der Waals surface area contributed by atoms with Crippen LogP contribution in [0.2, 0.25) is 0 Å². The Morgan fingerprint density at radius 2 is 1.74 bits per heavy atom. The van der Waals surface area contributed by atoms with Gasteiger partial charge in [0, 0.05) is 61.8 Å². The molecule has 2 aromatic carbocycles. The Morgan fingerprint density at radius 1 is 1.00 bits per heavy atom. The quantitative estimate of drug-likeness (QED) is 0.474. The zero-order valence-electron chi connectivity index (χ0n) is 19.6. The van der Waals surface area contributed by atoms with Gasteiger partial charge in [0.1, 0.15) is 11.3 Å². The zero-order chi connectivity index (χ0) is 23.9. The topological polar surface area (TPSA) is 88.3 Å². The predicted octanol–water partition coefficient (Wildman–Crippen LogP) is 3.20. The number of ether oxygens (including phenoxy) is 1. The van der Waals surface area contributed by atoms with Gasteiger partial charge in [-0.05, 0) is 30.2 Å². The highest BCUT2D eigenvalue weighted by Gasteiger charge is 2.45. The number of carbonyl (C=O) groups is 2. The van der Waals surface area contributed by atoms with E-state index in [0.29, 0.717) is 22.4 Å². The molecule has 1 fully saturated rings. The molecule has 35 heavy (non-hydrogen) atoms. The van der Waals surface area contributed by atoms with Crippen LogP contribution in [0.1, 0.15) is 44.7 Å². The number of fused-ring (bicyclic) bond motifs is 2. The SMILES string of the molecule is O=C1C2=C(C(=O)c3ccccc31)C(CCCN1CCN(Cc3ccc4c(c3)CCO4)CC1)[N+]([O-])=N2.